The number of sulfonamides is 1. The third-order valence-corrected chi connectivity index (χ3v) is 6.56. The molecule has 1 aromatic carbocycles. The Bertz CT molecular complexity index is 819. The van der Waals surface area contributed by atoms with Crippen molar-refractivity contribution in [3.8, 4) is 0 Å². The second-order valence-corrected chi connectivity index (χ2v) is 8.66. The van der Waals surface area contributed by atoms with E-state index in [4.69, 9.17) is 11.6 Å². The first-order valence-electron chi connectivity index (χ1n) is 7.08. The van der Waals surface area contributed by atoms with Crippen molar-refractivity contribution in [2.24, 2.45) is 0 Å². The van der Waals surface area contributed by atoms with Crippen molar-refractivity contribution in [3.63, 3.8) is 0 Å². The van der Waals surface area contributed by atoms with Gasteiger partial charge in [-0.2, -0.15) is 0 Å². The number of rotatable bonds is 4. The minimum Gasteiger partial charge on any atom is -0.326 e. The maximum Gasteiger partial charge on any atom is 0.235 e. The number of nitrogens with one attached hydrogen (secondary N) is 1. The van der Waals surface area contributed by atoms with Gasteiger partial charge in [-0.3, -0.25) is 9.10 Å². The highest BCUT2D eigenvalue weighted by Crippen LogP contribution is 2.33. The summed E-state index contributed by atoms with van der Waals surface area (Å²) in [6, 6.07) is 8.67. The summed E-state index contributed by atoms with van der Waals surface area (Å²) in [6.07, 6.45) is 0.866. The van der Waals surface area contributed by atoms with Crippen molar-refractivity contribution < 1.29 is 13.2 Å². The minimum atomic E-state index is -3.31. The highest BCUT2D eigenvalue weighted by molar-refractivity contribution is 7.93. The fourth-order valence-electron chi connectivity index (χ4n) is 2.47. The van der Waals surface area contributed by atoms with Crippen molar-refractivity contribution in [3.05, 3.63) is 45.6 Å². The molecule has 1 aliphatic rings. The molecule has 1 amide bonds. The van der Waals surface area contributed by atoms with Crippen LogP contribution in [0.1, 0.15) is 11.3 Å². The Labute approximate surface area is 143 Å². The SMILES string of the molecule is O=C(Cc1cccs1)Nc1ccc(Cl)c(N2CCCS2(=O)=O)c1. The first kappa shape index (κ1) is 16.3. The summed E-state index contributed by atoms with van der Waals surface area (Å²) in [5.74, 6) is -0.0248. The number of hydrogen-bond acceptors (Lipinski definition) is 4. The van der Waals surface area contributed by atoms with Gasteiger partial charge in [-0.25, -0.2) is 8.42 Å². The van der Waals surface area contributed by atoms with E-state index in [1.54, 1.807) is 18.2 Å². The van der Waals surface area contributed by atoms with Gasteiger partial charge in [0.05, 0.1) is 22.9 Å². The summed E-state index contributed by atoms with van der Waals surface area (Å²) >= 11 is 7.66. The summed E-state index contributed by atoms with van der Waals surface area (Å²) in [5, 5.41) is 5.06. The van der Waals surface area contributed by atoms with E-state index in [0.29, 0.717) is 29.4 Å². The van der Waals surface area contributed by atoms with Crippen LogP contribution in [0, 0.1) is 0 Å². The Morgan fingerprint density at radius 3 is 2.83 bits per heavy atom. The number of halogens is 1. The molecule has 0 unspecified atom stereocenters. The van der Waals surface area contributed by atoms with Gasteiger partial charge in [0, 0.05) is 17.1 Å². The van der Waals surface area contributed by atoms with E-state index in [2.05, 4.69) is 5.32 Å². The molecule has 0 bridgehead atoms. The van der Waals surface area contributed by atoms with Gasteiger partial charge in [-0.15, -0.1) is 11.3 Å². The number of benzene rings is 1. The lowest BCUT2D eigenvalue weighted by atomic mass is 10.2. The van der Waals surface area contributed by atoms with Gasteiger partial charge in [0.15, 0.2) is 0 Å². The summed E-state index contributed by atoms with van der Waals surface area (Å²) in [5.41, 5.74) is 0.950. The lowest BCUT2D eigenvalue weighted by Crippen LogP contribution is -2.25. The molecule has 1 saturated heterocycles. The monoisotopic (exact) mass is 370 g/mol. The highest BCUT2D eigenvalue weighted by Gasteiger charge is 2.30. The van der Waals surface area contributed by atoms with E-state index in [9.17, 15) is 13.2 Å². The zero-order chi connectivity index (χ0) is 16.4. The molecule has 122 valence electrons. The van der Waals surface area contributed by atoms with Crippen LogP contribution in [0.15, 0.2) is 35.7 Å². The molecule has 0 radical (unpaired) electrons. The van der Waals surface area contributed by atoms with Crippen LogP contribution in [-0.2, 0) is 21.2 Å². The van der Waals surface area contributed by atoms with Crippen molar-refractivity contribution in [1.82, 2.24) is 0 Å². The number of thiophene rings is 1. The van der Waals surface area contributed by atoms with Crippen molar-refractivity contribution in [1.29, 1.82) is 0 Å². The van der Waals surface area contributed by atoms with Crippen LogP contribution in [0.5, 0.6) is 0 Å². The zero-order valence-electron chi connectivity index (χ0n) is 12.2. The number of anilines is 2. The smallest absolute Gasteiger partial charge is 0.235 e. The van der Waals surface area contributed by atoms with Gasteiger partial charge in [0.1, 0.15) is 0 Å². The minimum absolute atomic E-state index is 0.123. The van der Waals surface area contributed by atoms with E-state index in [1.165, 1.54) is 15.6 Å². The van der Waals surface area contributed by atoms with E-state index < -0.39 is 10.0 Å². The third-order valence-electron chi connectivity index (χ3n) is 3.51. The molecule has 1 fully saturated rings. The first-order valence-corrected chi connectivity index (χ1v) is 9.94. The molecule has 3 rings (SSSR count). The lowest BCUT2D eigenvalue weighted by molar-refractivity contribution is -0.115. The quantitative estimate of drug-likeness (QED) is 0.899. The Kier molecular flexibility index (Phi) is 4.61. The molecular formula is C15H15ClN2O3S2. The molecule has 0 saturated carbocycles. The normalized spacial score (nSPS) is 16.5. The van der Waals surface area contributed by atoms with Crippen molar-refractivity contribution >= 4 is 50.2 Å². The first-order chi connectivity index (χ1) is 11.0. The largest absolute Gasteiger partial charge is 0.326 e. The second-order valence-electron chi connectivity index (χ2n) is 5.21. The Morgan fingerprint density at radius 2 is 2.17 bits per heavy atom. The third kappa shape index (κ3) is 3.68. The van der Waals surface area contributed by atoms with Crippen LogP contribution in [0.25, 0.3) is 0 Å². The number of hydrogen-bond donors (Lipinski definition) is 1. The van der Waals surface area contributed by atoms with E-state index >= 15 is 0 Å². The predicted octanol–water partition coefficient (Wildman–Crippen LogP) is 3.12. The lowest BCUT2D eigenvalue weighted by Gasteiger charge is -2.19. The summed E-state index contributed by atoms with van der Waals surface area (Å²) < 4.78 is 25.4. The fraction of sp³-hybridized carbons (Fsp3) is 0.267. The number of nitrogens with zero attached hydrogens (tertiary/aromatic N) is 1. The van der Waals surface area contributed by atoms with Gasteiger partial charge in [-0.1, -0.05) is 17.7 Å². The molecule has 5 nitrogen and oxygen atoms in total. The Hall–Kier alpha value is -1.57. The number of amides is 1. The van der Waals surface area contributed by atoms with E-state index in [0.717, 1.165) is 4.88 Å². The van der Waals surface area contributed by atoms with Crippen LogP contribution in [-0.4, -0.2) is 26.6 Å². The number of carbonyl (C=O) groups is 1. The maximum absolute atomic E-state index is 12.1. The molecule has 8 heteroatoms. The summed E-state index contributed by atoms with van der Waals surface area (Å²) in [7, 11) is -3.31. The van der Waals surface area contributed by atoms with Crippen LogP contribution >= 0.6 is 22.9 Å². The molecular weight excluding hydrogens is 356 g/mol. The fourth-order valence-corrected chi connectivity index (χ4v) is 5.01. The van der Waals surface area contributed by atoms with Crippen LogP contribution in [0.4, 0.5) is 11.4 Å². The summed E-state index contributed by atoms with van der Waals surface area (Å²) in [4.78, 5) is 13.0. The van der Waals surface area contributed by atoms with Crippen molar-refractivity contribution in [2.45, 2.75) is 12.8 Å². The van der Waals surface area contributed by atoms with E-state index in [-0.39, 0.29) is 18.1 Å². The van der Waals surface area contributed by atoms with Gasteiger partial charge in [0.25, 0.3) is 0 Å². The molecule has 2 aromatic rings. The molecule has 2 heterocycles. The molecule has 1 aliphatic heterocycles. The average molecular weight is 371 g/mol. The standard InChI is InChI=1S/C15H15ClN2O3S2/c16-13-5-4-11(17-15(19)10-12-3-1-7-22-12)9-14(13)18-6-2-8-23(18,20)21/h1,3-5,7,9H,2,6,8,10H2,(H,17,19). The molecule has 1 aromatic heterocycles. The molecule has 23 heavy (non-hydrogen) atoms. The molecule has 0 spiro atoms. The van der Waals surface area contributed by atoms with Gasteiger partial charge < -0.3 is 5.32 Å². The summed E-state index contributed by atoms with van der Waals surface area (Å²) in [6.45, 7) is 0.411. The second kappa shape index (κ2) is 6.51. The average Bonchev–Trinajstić information content (AvgIpc) is 3.10. The Morgan fingerprint density at radius 1 is 1.35 bits per heavy atom. The van der Waals surface area contributed by atoms with Gasteiger partial charge >= 0.3 is 0 Å². The molecule has 0 atom stereocenters. The molecule has 0 aliphatic carbocycles. The van der Waals surface area contributed by atoms with Crippen LogP contribution in [0.2, 0.25) is 5.02 Å². The Balaban J connectivity index is 1.79. The predicted molar refractivity (Wildman–Crippen MR) is 93.9 cm³/mol. The maximum atomic E-state index is 12.1. The molecule has 1 N–H and O–H groups in total. The van der Waals surface area contributed by atoms with Crippen LogP contribution in [0.3, 0.4) is 0 Å². The van der Waals surface area contributed by atoms with Crippen molar-refractivity contribution in [2.75, 3.05) is 21.9 Å². The zero-order valence-corrected chi connectivity index (χ0v) is 14.5. The van der Waals surface area contributed by atoms with E-state index in [1.807, 2.05) is 17.5 Å². The number of carbonyl (C=O) groups excluding carboxylic acids is 1. The van der Waals surface area contributed by atoms with Gasteiger partial charge in [-0.05, 0) is 36.1 Å². The van der Waals surface area contributed by atoms with Gasteiger partial charge in [0.2, 0.25) is 15.9 Å². The topological polar surface area (TPSA) is 66.5 Å². The van der Waals surface area contributed by atoms with Crippen LogP contribution < -0.4 is 9.62 Å². The highest BCUT2D eigenvalue weighted by atomic mass is 35.5.